The van der Waals surface area contributed by atoms with E-state index in [1.165, 1.54) is 32.1 Å². The average Bonchev–Trinajstić information content (AvgIpc) is 3.51. The van der Waals surface area contributed by atoms with Crippen LogP contribution in [0.2, 0.25) is 0 Å². The summed E-state index contributed by atoms with van der Waals surface area (Å²) in [5.74, 6) is 0.539. The number of amides is 3. The largest absolute Gasteiger partial charge is 0.493 e. The normalized spacial score (nSPS) is 11.7. The molecule has 0 aliphatic carbocycles. The van der Waals surface area contributed by atoms with E-state index < -0.39 is 17.1 Å². The van der Waals surface area contributed by atoms with E-state index in [-0.39, 0.29) is 11.6 Å². The van der Waals surface area contributed by atoms with Crippen LogP contribution in [0.3, 0.4) is 0 Å². The number of carbonyl (C=O) groups excluding carboxylic acids is 3. The molecule has 3 N–H and O–H groups in total. The zero-order valence-electron chi connectivity index (χ0n) is 25.9. The number of aryl methyl sites for hydroxylation is 1. The number of rotatable bonds is 12. The van der Waals surface area contributed by atoms with Gasteiger partial charge in [-0.05, 0) is 61.0 Å². The summed E-state index contributed by atoms with van der Waals surface area (Å²) in [6, 6.07) is 31.9. The summed E-state index contributed by atoms with van der Waals surface area (Å²) < 4.78 is 16.0. The molecule has 47 heavy (non-hydrogen) atoms. The fraction of sp³-hybridized carbons (Fsp3) is 0.111. The molecule has 238 valence electrons. The van der Waals surface area contributed by atoms with Gasteiger partial charge in [0, 0.05) is 27.8 Å². The van der Waals surface area contributed by atoms with E-state index in [0.29, 0.717) is 39.9 Å². The minimum atomic E-state index is -0.589. The lowest BCUT2D eigenvalue weighted by Crippen LogP contribution is -2.30. The Morgan fingerprint density at radius 1 is 0.830 bits per heavy atom. The van der Waals surface area contributed by atoms with Gasteiger partial charge in [-0.15, -0.1) is 11.8 Å². The molecule has 0 saturated heterocycles. The molecule has 0 fully saturated rings. The Balaban J connectivity index is 1.36. The van der Waals surface area contributed by atoms with Crippen molar-refractivity contribution in [2.24, 2.45) is 0 Å². The fourth-order valence-electron chi connectivity index (χ4n) is 4.59. The second-order valence-electron chi connectivity index (χ2n) is 10.2. The van der Waals surface area contributed by atoms with Crippen molar-refractivity contribution in [3.8, 4) is 11.5 Å². The summed E-state index contributed by atoms with van der Waals surface area (Å²) in [6.07, 6.45) is 1.53. The van der Waals surface area contributed by atoms with Crippen molar-refractivity contribution in [2.75, 3.05) is 24.9 Å². The molecule has 11 heteroatoms. The molecule has 10 nitrogen and oxygen atoms in total. The highest BCUT2D eigenvalue weighted by molar-refractivity contribution is 8.00. The average molecular weight is 649 g/mol. The molecule has 0 radical (unpaired) electrons. The highest BCUT2D eigenvalue weighted by atomic mass is 32.2. The summed E-state index contributed by atoms with van der Waals surface area (Å²) in [7, 11) is 3.02. The number of anilines is 2. The van der Waals surface area contributed by atoms with Gasteiger partial charge >= 0.3 is 0 Å². The van der Waals surface area contributed by atoms with Crippen LogP contribution in [0.15, 0.2) is 124 Å². The molecule has 1 atom stereocenters. The predicted octanol–water partition coefficient (Wildman–Crippen LogP) is 6.88. The Morgan fingerprint density at radius 2 is 1.53 bits per heavy atom. The van der Waals surface area contributed by atoms with Gasteiger partial charge in [-0.2, -0.15) is 0 Å². The van der Waals surface area contributed by atoms with Gasteiger partial charge in [0.15, 0.2) is 17.3 Å². The van der Waals surface area contributed by atoms with Gasteiger partial charge < -0.3 is 29.9 Å². The van der Waals surface area contributed by atoms with Crippen molar-refractivity contribution >= 4 is 47.1 Å². The van der Waals surface area contributed by atoms with Crippen LogP contribution >= 0.6 is 11.8 Å². The molecule has 0 bridgehead atoms. The molecule has 5 aromatic rings. The number of thioether (sulfide) groups is 1. The van der Waals surface area contributed by atoms with Gasteiger partial charge in [0.05, 0.1) is 14.2 Å². The van der Waals surface area contributed by atoms with Crippen LogP contribution in [-0.2, 0) is 9.59 Å². The van der Waals surface area contributed by atoms with Crippen molar-refractivity contribution in [2.45, 2.75) is 17.1 Å². The first-order chi connectivity index (χ1) is 22.8. The number of nitrogens with zero attached hydrogens (tertiary/aromatic N) is 1. The lowest BCUT2D eigenvalue weighted by molar-refractivity contribution is -0.116. The van der Waals surface area contributed by atoms with Gasteiger partial charge in [-0.3, -0.25) is 14.4 Å². The van der Waals surface area contributed by atoms with E-state index in [1.807, 2.05) is 30.3 Å². The lowest BCUT2D eigenvalue weighted by Gasteiger charge is -2.17. The van der Waals surface area contributed by atoms with Gasteiger partial charge in [0.2, 0.25) is 5.91 Å². The van der Waals surface area contributed by atoms with Crippen LogP contribution in [0, 0.1) is 6.92 Å². The first kappa shape index (κ1) is 32.6. The van der Waals surface area contributed by atoms with E-state index in [1.54, 1.807) is 85.8 Å². The van der Waals surface area contributed by atoms with Gasteiger partial charge in [-0.25, -0.2) is 0 Å². The third-order valence-electron chi connectivity index (χ3n) is 6.85. The lowest BCUT2D eigenvalue weighted by atomic mass is 10.1. The van der Waals surface area contributed by atoms with Gasteiger partial charge in [0.1, 0.15) is 16.7 Å². The molecule has 0 aliphatic heterocycles. The van der Waals surface area contributed by atoms with Crippen molar-refractivity contribution in [3.05, 3.63) is 137 Å². The molecule has 0 aliphatic rings. The first-order valence-corrected chi connectivity index (χ1v) is 15.4. The number of carbonyl (C=O) groups is 3. The topological polar surface area (TPSA) is 132 Å². The second kappa shape index (κ2) is 15.5. The van der Waals surface area contributed by atoms with Crippen LogP contribution in [0.4, 0.5) is 11.5 Å². The number of ether oxygens (including phenoxy) is 2. The molecule has 1 unspecified atom stereocenters. The zero-order valence-corrected chi connectivity index (χ0v) is 26.7. The number of benzene rings is 4. The monoisotopic (exact) mass is 648 g/mol. The number of aromatic nitrogens is 1. The molecular weight excluding hydrogens is 616 g/mol. The molecule has 1 heterocycles. The number of methoxy groups -OCH3 is 2. The molecule has 1 aromatic heterocycles. The molecular formula is C36H32N4O6S. The van der Waals surface area contributed by atoms with Crippen molar-refractivity contribution in [1.82, 2.24) is 10.5 Å². The molecule has 0 saturated carbocycles. The Kier molecular flexibility index (Phi) is 10.7. The number of hydrogen-bond donors (Lipinski definition) is 3. The Bertz CT molecular complexity index is 1880. The van der Waals surface area contributed by atoms with Crippen LogP contribution < -0.4 is 25.4 Å². The third-order valence-corrected chi connectivity index (χ3v) is 8.11. The quantitative estimate of drug-likeness (QED) is 0.0986. The minimum absolute atomic E-state index is 0.00670. The second-order valence-corrected chi connectivity index (χ2v) is 11.3. The SMILES string of the molecule is COc1cccc(/C=C(\NC(=O)c2ccccc2)C(=O)Nc2ccc(SC(C(=O)Nc3cc(C)on3)c3ccccc3)cc2)c1OC. The van der Waals surface area contributed by atoms with E-state index in [2.05, 4.69) is 21.1 Å². The summed E-state index contributed by atoms with van der Waals surface area (Å²) in [5.41, 5.74) is 2.21. The molecule has 4 aromatic carbocycles. The Morgan fingerprint density at radius 3 is 2.17 bits per heavy atom. The van der Waals surface area contributed by atoms with E-state index >= 15 is 0 Å². The highest BCUT2D eigenvalue weighted by Crippen LogP contribution is 2.37. The van der Waals surface area contributed by atoms with Crippen LogP contribution in [-0.4, -0.2) is 37.1 Å². The Hall–Kier alpha value is -5.81. The summed E-state index contributed by atoms with van der Waals surface area (Å²) in [6.45, 7) is 1.75. The Labute approximate surface area is 276 Å². The number of para-hydroxylation sites is 1. The van der Waals surface area contributed by atoms with E-state index in [4.69, 9.17) is 14.0 Å². The maximum Gasteiger partial charge on any atom is 0.272 e. The van der Waals surface area contributed by atoms with Gasteiger partial charge in [-0.1, -0.05) is 65.8 Å². The van der Waals surface area contributed by atoms with Crippen molar-refractivity contribution in [3.63, 3.8) is 0 Å². The zero-order chi connectivity index (χ0) is 33.2. The summed E-state index contributed by atoms with van der Waals surface area (Å²) in [5, 5.41) is 11.7. The van der Waals surface area contributed by atoms with Gasteiger partial charge in [0.25, 0.3) is 11.8 Å². The van der Waals surface area contributed by atoms with Crippen LogP contribution in [0.25, 0.3) is 6.08 Å². The predicted molar refractivity (Wildman–Crippen MR) is 181 cm³/mol. The fourth-order valence-corrected chi connectivity index (χ4v) is 5.62. The maximum atomic E-state index is 13.6. The molecule has 3 amide bonds. The standard InChI is InChI=1S/C36H32N4O6S/c1-23-21-31(40-46-23)39-36(43)33(24-11-6-4-7-12-24)47-28-19-17-27(18-20-28)37-35(42)29(38-34(41)25-13-8-5-9-14-25)22-26-15-10-16-30(44-2)32(26)45-3/h4-22,33H,1-3H3,(H,37,42)(H,38,41)(H,39,40,43)/b29-22-. The summed E-state index contributed by atoms with van der Waals surface area (Å²) in [4.78, 5) is 40.8. The van der Waals surface area contributed by atoms with Crippen LogP contribution in [0.1, 0.15) is 32.5 Å². The van der Waals surface area contributed by atoms with Crippen LogP contribution in [0.5, 0.6) is 11.5 Å². The molecule has 0 spiro atoms. The smallest absolute Gasteiger partial charge is 0.272 e. The minimum Gasteiger partial charge on any atom is -0.493 e. The molecule has 5 rings (SSSR count). The van der Waals surface area contributed by atoms with Crippen molar-refractivity contribution < 1.29 is 28.4 Å². The number of hydrogen-bond acceptors (Lipinski definition) is 8. The van der Waals surface area contributed by atoms with E-state index in [9.17, 15) is 14.4 Å². The third kappa shape index (κ3) is 8.47. The number of nitrogens with one attached hydrogen (secondary N) is 3. The maximum absolute atomic E-state index is 13.6. The van der Waals surface area contributed by atoms with E-state index in [0.717, 1.165) is 10.5 Å². The summed E-state index contributed by atoms with van der Waals surface area (Å²) >= 11 is 1.35. The van der Waals surface area contributed by atoms with Crippen molar-refractivity contribution in [1.29, 1.82) is 0 Å². The first-order valence-electron chi connectivity index (χ1n) is 14.5. The highest BCUT2D eigenvalue weighted by Gasteiger charge is 2.23.